The topological polar surface area (TPSA) is 62.2 Å². The smallest absolute Gasteiger partial charge is 0.230 e. The maximum absolute atomic E-state index is 11.9. The van der Waals surface area contributed by atoms with E-state index in [0.717, 1.165) is 11.3 Å². The number of nitrogens with zero attached hydrogens (tertiary/aromatic N) is 1. The molecule has 0 radical (unpaired) electrons. The van der Waals surface area contributed by atoms with Gasteiger partial charge in [-0.25, -0.2) is 0 Å². The summed E-state index contributed by atoms with van der Waals surface area (Å²) in [4.78, 5) is 16.1. The zero-order valence-electron chi connectivity index (χ0n) is 11.6. The van der Waals surface area contributed by atoms with Crippen molar-refractivity contribution in [3.05, 3.63) is 66.0 Å². The molecule has 2 rings (SSSR count). The first kappa shape index (κ1) is 15.5. The lowest BCUT2D eigenvalue weighted by molar-refractivity contribution is -0.119. The number of carbonyl (C=O) groups excluding carboxylic acids is 1. The summed E-state index contributed by atoms with van der Waals surface area (Å²) >= 11 is 1.51. The molecule has 0 spiro atoms. The summed E-state index contributed by atoms with van der Waals surface area (Å²) in [6.07, 6.45) is 1.74. The van der Waals surface area contributed by atoms with E-state index in [1.54, 1.807) is 6.20 Å². The number of amides is 1. The number of aliphatic hydroxyl groups is 1. The number of rotatable bonds is 7. The third-order valence-electron chi connectivity index (χ3n) is 2.93. The molecule has 1 heterocycles. The maximum atomic E-state index is 11.9. The molecule has 2 aromatic rings. The van der Waals surface area contributed by atoms with Crippen molar-refractivity contribution < 1.29 is 9.90 Å². The largest absolute Gasteiger partial charge is 0.394 e. The van der Waals surface area contributed by atoms with Crippen LogP contribution in [0.5, 0.6) is 0 Å². The molecule has 1 amide bonds. The average Bonchev–Trinajstić information content (AvgIpc) is 2.54. The molecule has 0 bridgehead atoms. The van der Waals surface area contributed by atoms with E-state index in [1.807, 2.05) is 48.5 Å². The van der Waals surface area contributed by atoms with Crippen LogP contribution in [0, 0.1) is 0 Å². The molecule has 0 aliphatic heterocycles. The fraction of sp³-hybridized carbons (Fsp3) is 0.250. The summed E-state index contributed by atoms with van der Waals surface area (Å²) < 4.78 is 0. The summed E-state index contributed by atoms with van der Waals surface area (Å²) in [7, 11) is 0. The summed E-state index contributed by atoms with van der Waals surface area (Å²) in [5.41, 5.74) is 1.86. The molecule has 21 heavy (non-hydrogen) atoms. The Morgan fingerprint density at radius 2 is 1.95 bits per heavy atom. The zero-order chi connectivity index (χ0) is 14.9. The van der Waals surface area contributed by atoms with Crippen LogP contribution in [0.1, 0.15) is 17.3 Å². The molecule has 0 saturated heterocycles. The molecule has 1 aromatic carbocycles. The van der Waals surface area contributed by atoms with Gasteiger partial charge in [0.05, 0.1) is 24.1 Å². The van der Waals surface area contributed by atoms with Crippen LogP contribution in [0.25, 0.3) is 0 Å². The summed E-state index contributed by atoms with van der Waals surface area (Å²) in [6.45, 7) is -0.110. The Morgan fingerprint density at radius 3 is 2.62 bits per heavy atom. The second kappa shape index (κ2) is 8.44. The summed E-state index contributed by atoms with van der Waals surface area (Å²) in [5, 5.41) is 12.2. The van der Waals surface area contributed by atoms with Gasteiger partial charge in [-0.15, -0.1) is 11.8 Å². The Bertz CT molecular complexity index is 549. The van der Waals surface area contributed by atoms with Gasteiger partial charge in [0, 0.05) is 11.9 Å². The van der Waals surface area contributed by atoms with Gasteiger partial charge in [0.25, 0.3) is 0 Å². The van der Waals surface area contributed by atoms with Crippen molar-refractivity contribution in [3.8, 4) is 0 Å². The predicted octanol–water partition coefficient (Wildman–Crippen LogP) is 2.16. The van der Waals surface area contributed by atoms with Gasteiger partial charge < -0.3 is 10.4 Å². The highest BCUT2D eigenvalue weighted by molar-refractivity contribution is 7.99. The van der Waals surface area contributed by atoms with Crippen LogP contribution >= 0.6 is 11.8 Å². The van der Waals surface area contributed by atoms with Crippen molar-refractivity contribution in [1.29, 1.82) is 0 Å². The monoisotopic (exact) mass is 302 g/mol. The van der Waals surface area contributed by atoms with Crippen molar-refractivity contribution in [2.75, 3.05) is 12.4 Å². The Labute approximate surface area is 128 Å². The Hall–Kier alpha value is -1.85. The number of nitrogens with one attached hydrogen (secondary N) is 1. The minimum Gasteiger partial charge on any atom is -0.394 e. The SMILES string of the molecule is O=C(CSCc1ccccn1)N[C@H](CO)c1ccccc1. The third-order valence-corrected chi connectivity index (χ3v) is 3.90. The number of benzene rings is 1. The van der Waals surface area contributed by atoms with Crippen LogP contribution < -0.4 is 5.32 Å². The molecule has 5 heteroatoms. The molecule has 0 saturated carbocycles. The van der Waals surface area contributed by atoms with Crippen LogP contribution in [0.15, 0.2) is 54.7 Å². The second-order valence-corrected chi connectivity index (χ2v) is 5.51. The second-order valence-electron chi connectivity index (χ2n) is 4.53. The van der Waals surface area contributed by atoms with E-state index in [1.165, 1.54) is 11.8 Å². The zero-order valence-corrected chi connectivity index (χ0v) is 12.4. The van der Waals surface area contributed by atoms with Crippen molar-refractivity contribution in [2.24, 2.45) is 0 Å². The molecule has 110 valence electrons. The lowest BCUT2D eigenvalue weighted by atomic mass is 10.1. The standard InChI is InChI=1S/C16H18N2O2S/c19-10-15(13-6-2-1-3-7-13)18-16(20)12-21-11-14-8-4-5-9-17-14/h1-9,15,19H,10-12H2,(H,18,20)/t15-/m1/s1. The fourth-order valence-corrected chi connectivity index (χ4v) is 2.64. The number of aliphatic hydroxyl groups excluding tert-OH is 1. The normalized spacial score (nSPS) is 11.9. The van der Waals surface area contributed by atoms with Gasteiger partial charge in [0.15, 0.2) is 0 Å². The Kier molecular flexibility index (Phi) is 6.24. The van der Waals surface area contributed by atoms with E-state index < -0.39 is 0 Å². The Morgan fingerprint density at radius 1 is 1.19 bits per heavy atom. The molecule has 4 nitrogen and oxygen atoms in total. The van der Waals surface area contributed by atoms with Crippen LogP contribution in [-0.2, 0) is 10.5 Å². The number of pyridine rings is 1. The number of aromatic nitrogens is 1. The lowest BCUT2D eigenvalue weighted by Crippen LogP contribution is -2.32. The highest BCUT2D eigenvalue weighted by Crippen LogP contribution is 2.13. The van der Waals surface area contributed by atoms with Crippen LogP contribution in [0.3, 0.4) is 0 Å². The van der Waals surface area contributed by atoms with E-state index >= 15 is 0 Å². The fourth-order valence-electron chi connectivity index (χ4n) is 1.89. The van der Waals surface area contributed by atoms with E-state index in [9.17, 15) is 9.90 Å². The van der Waals surface area contributed by atoms with Gasteiger partial charge in [0.1, 0.15) is 0 Å². The van der Waals surface area contributed by atoms with E-state index in [-0.39, 0.29) is 18.6 Å². The number of hydrogen-bond acceptors (Lipinski definition) is 4. The molecule has 1 aromatic heterocycles. The van der Waals surface area contributed by atoms with Crippen LogP contribution in [-0.4, -0.2) is 28.4 Å². The minimum absolute atomic E-state index is 0.0844. The average molecular weight is 302 g/mol. The van der Waals surface area contributed by atoms with Gasteiger partial charge >= 0.3 is 0 Å². The van der Waals surface area contributed by atoms with Gasteiger partial charge in [-0.3, -0.25) is 9.78 Å². The van der Waals surface area contributed by atoms with Crippen molar-refractivity contribution in [1.82, 2.24) is 10.3 Å². The first-order valence-electron chi connectivity index (χ1n) is 6.72. The highest BCUT2D eigenvalue weighted by atomic mass is 32.2. The van der Waals surface area contributed by atoms with Crippen LogP contribution in [0.4, 0.5) is 0 Å². The molecular weight excluding hydrogens is 284 g/mol. The molecule has 0 fully saturated rings. The van der Waals surface area contributed by atoms with Gasteiger partial charge in [0.2, 0.25) is 5.91 Å². The third kappa shape index (κ3) is 5.21. The molecule has 1 atom stereocenters. The number of thioether (sulfide) groups is 1. The first-order chi connectivity index (χ1) is 10.3. The highest BCUT2D eigenvalue weighted by Gasteiger charge is 2.13. The lowest BCUT2D eigenvalue weighted by Gasteiger charge is -2.16. The quantitative estimate of drug-likeness (QED) is 0.823. The van der Waals surface area contributed by atoms with Gasteiger partial charge in [-0.2, -0.15) is 0 Å². The van der Waals surface area contributed by atoms with Gasteiger partial charge in [-0.05, 0) is 17.7 Å². The summed E-state index contributed by atoms with van der Waals surface area (Å²) in [6, 6.07) is 14.8. The van der Waals surface area contributed by atoms with Crippen LogP contribution in [0.2, 0.25) is 0 Å². The molecular formula is C16H18N2O2S. The first-order valence-corrected chi connectivity index (χ1v) is 7.88. The summed E-state index contributed by atoms with van der Waals surface area (Å²) in [5.74, 6) is 0.961. The minimum atomic E-state index is -0.353. The number of carbonyl (C=O) groups is 1. The van der Waals surface area contributed by atoms with Crippen molar-refractivity contribution >= 4 is 17.7 Å². The predicted molar refractivity (Wildman–Crippen MR) is 84.8 cm³/mol. The molecule has 0 aliphatic rings. The van der Waals surface area contributed by atoms with Crippen molar-refractivity contribution in [3.63, 3.8) is 0 Å². The molecule has 2 N–H and O–H groups in total. The molecule has 0 unspecified atom stereocenters. The van der Waals surface area contributed by atoms with E-state index in [4.69, 9.17) is 0 Å². The molecule has 0 aliphatic carbocycles. The Balaban J connectivity index is 1.78. The number of hydrogen-bond donors (Lipinski definition) is 2. The van der Waals surface area contributed by atoms with Gasteiger partial charge in [-0.1, -0.05) is 36.4 Å². The van der Waals surface area contributed by atoms with Crippen molar-refractivity contribution in [2.45, 2.75) is 11.8 Å². The maximum Gasteiger partial charge on any atom is 0.230 e. The van der Waals surface area contributed by atoms with E-state index in [0.29, 0.717) is 11.5 Å². The van der Waals surface area contributed by atoms with E-state index in [2.05, 4.69) is 10.3 Å².